The zero-order chi connectivity index (χ0) is 23.7. The summed E-state index contributed by atoms with van der Waals surface area (Å²) in [6.07, 6.45) is 1.28. The molecule has 1 aliphatic rings. The first-order valence-corrected chi connectivity index (χ1v) is 11.3. The van der Waals surface area contributed by atoms with E-state index in [0.29, 0.717) is 49.4 Å². The Morgan fingerprint density at radius 3 is 2.16 bits per heavy atom. The standard InChI is InChI=1S/C24H35N3O5/c1-8-20-25-18-10-9-17(15-19(18)27(20)22(29)32-24(5,6)7)30-16-11-13-26(14-12-16)21(28)31-23(2,3)4/h9-10,15-16H,8,11-14H2,1-7H3. The van der Waals surface area contributed by atoms with Crippen LogP contribution in [-0.2, 0) is 15.9 Å². The second-order valence-electron chi connectivity index (χ2n) is 10.1. The van der Waals surface area contributed by atoms with E-state index < -0.39 is 17.3 Å². The van der Waals surface area contributed by atoms with Gasteiger partial charge in [0.15, 0.2) is 0 Å². The summed E-state index contributed by atoms with van der Waals surface area (Å²) >= 11 is 0. The highest BCUT2D eigenvalue weighted by Crippen LogP contribution is 2.26. The lowest BCUT2D eigenvalue weighted by Crippen LogP contribution is -2.44. The Hall–Kier alpha value is -2.77. The monoisotopic (exact) mass is 445 g/mol. The van der Waals surface area contributed by atoms with Gasteiger partial charge in [0.05, 0.1) is 11.0 Å². The van der Waals surface area contributed by atoms with Crippen molar-refractivity contribution in [3.8, 4) is 5.75 Å². The number of hydrogen-bond donors (Lipinski definition) is 0. The first-order valence-electron chi connectivity index (χ1n) is 11.3. The Balaban J connectivity index is 1.72. The van der Waals surface area contributed by atoms with Gasteiger partial charge in [0, 0.05) is 38.4 Å². The van der Waals surface area contributed by atoms with Crippen molar-refractivity contribution < 1.29 is 23.8 Å². The van der Waals surface area contributed by atoms with Gasteiger partial charge in [-0.2, -0.15) is 0 Å². The quantitative estimate of drug-likeness (QED) is 0.649. The molecule has 1 amide bonds. The fourth-order valence-corrected chi connectivity index (χ4v) is 3.60. The van der Waals surface area contributed by atoms with Gasteiger partial charge in [-0.15, -0.1) is 0 Å². The van der Waals surface area contributed by atoms with Crippen LogP contribution in [-0.4, -0.2) is 57.0 Å². The highest BCUT2D eigenvalue weighted by molar-refractivity contribution is 5.88. The Kier molecular flexibility index (Phi) is 6.72. The van der Waals surface area contributed by atoms with Crippen LogP contribution in [0, 0.1) is 0 Å². The predicted octanol–water partition coefficient (Wildman–Crippen LogP) is 5.16. The first-order chi connectivity index (χ1) is 14.9. The van der Waals surface area contributed by atoms with E-state index in [1.807, 2.05) is 66.7 Å². The molecule has 1 fully saturated rings. The summed E-state index contributed by atoms with van der Waals surface area (Å²) in [5.74, 6) is 1.32. The van der Waals surface area contributed by atoms with Gasteiger partial charge in [0.2, 0.25) is 0 Å². The molecule has 2 aromatic rings. The van der Waals surface area contributed by atoms with Crippen molar-refractivity contribution in [3.63, 3.8) is 0 Å². The molecule has 0 unspecified atom stereocenters. The molecule has 8 heteroatoms. The molecule has 1 saturated heterocycles. The van der Waals surface area contributed by atoms with Crippen molar-refractivity contribution >= 4 is 23.2 Å². The summed E-state index contributed by atoms with van der Waals surface area (Å²) in [5.41, 5.74) is 0.281. The maximum Gasteiger partial charge on any atom is 0.420 e. The van der Waals surface area contributed by atoms with Crippen LogP contribution in [0.15, 0.2) is 18.2 Å². The van der Waals surface area contributed by atoms with Crippen molar-refractivity contribution in [2.75, 3.05) is 13.1 Å². The number of fused-ring (bicyclic) bond motifs is 1. The molecule has 1 aromatic heterocycles. The molecule has 3 rings (SSSR count). The summed E-state index contributed by atoms with van der Waals surface area (Å²) in [6.45, 7) is 14.2. The Morgan fingerprint density at radius 1 is 1.00 bits per heavy atom. The highest BCUT2D eigenvalue weighted by atomic mass is 16.6. The van der Waals surface area contributed by atoms with Crippen molar-refractivity contribution in [1.82, 2.24) is 14.5 Å². The molecule has 0 radical (unpaired) electrons. The molecule has 1 aliphatic heterocycles. The molecule has 0 atom stereocenters. The minimum atomic E-state index is -0.602. The fourth-order valence-electron chi connectivity index (χ4n) is 3.60. The van der Waals surface area contributed by atoms with Crippen molar-refractivity contribution in [3.05, 3.63) is 24.0 Å². The van der Waals surface area contributed by atoms with Gasteiger partial charge in [0.1, 0.15) is 28.9 Å². The zero-order valence-electron chi connectivity index (χ0n) is 20.2. The lowest BCUT2D eigenvalue weighted by Gasteiger charge is -2.33. The Labute approximate surface area is 189 Å². The van der Waals surface area contributed by atoms with Crippen LogP contribution in [0.1, 0.15) is 67.1 Å². The number of rotatable bonds is 3. The van der Waals surface area contributed by atoms with Gasteiger partial charge >= 0.3 is 12.2 Å². The van der Waals surface area contributed by atoms with Crippen LogP contribution in [0.5, 0.6) is 5.75 Å². The van der Waals surface area contributed by atoms with Gasteiger partial charge < -0.3 is 19.1 Å². The van der Waals surface area contributed by atoms with E-state index in [4.69, 9.17) is 14.2 Å². The number of ether oxygens (including phenoxy) is 3. The van der Waals surface area contributed by atoms with Gasteiger partial charge in [-0.1, -0.05) is 6.92 Å². The number of likely N-dealkylation sites (tertiary alicyclic amines) is 1. The molecule has 0 aliphatic carbocycles. The van der Waals surface area contributed by atoms with E-state index in [1.54, 1.807) is 4.90 Å². The molecule has 0 N–H and O–H groups in total. The van der Waals surface area contributed by atoms with Crippen LogP contribution in [0.4, 0.5) is 9.59 Å². The summed E-state index contributed by atoms with van der Waals surface area (Å²) in [7, 11) is 0. The third-order valence-electron chi connectivity index (χ3n) is 4.98. The molecule has 32 heavy (non-hydrogen) atoms. The number of hydrogen-bond acceptors (Lipinski definition) is 6. The number of carbonyl (C=O) groups is 2. The third-order valence-corrected chi connectivity index (χ3v) is 4.98. The van der Waals surface area contributed by atoms with Crippen LogP contribution in [0.25, 0.3) is 11.0 Å². The third kappa shape index (κ3) is 5.93. The van der Waals surface area contributed by atoms with E-state index in [0.717, 1.165) is 5.52 Å². The number of nitrogens with zero attached hydrogens (tertiary/aromatic N) is 3. The smallest absolute Gasteiger partial charge is 0.420 e. The number of piperidine rings is 1. The van der Waals surface area contributed by atoms with E-state index in [9.17, 15) is 9.59 Å². The predicted molar refractivity (Wildman–Crippen MR) is 122 cm³/mol. The number of amides is 1. The zero-order valence-corrected chi connectivity index (χ0v) is 20.2. The van der Waals surface area contributed by atoms with Crippen LogP contribution >= 0.6 is 0 Å². The average molecular weight is 446 g/mol. The maximum absolute atomic E-state index is 12.8. The summed E-state index contributed by atoms with van der Waals surface area (Å²) < 4.78 is 18.8. The topological polar surface area (TPSA) is 82.9 Å². The largest absolute Gasteiger partial charge is 0.490 e. The Morgan fingerprint density at radius 2 is 1.59 bits per heavy atom. The summed E-state index contributed by atoms with van der Waals surface area (Å²) in [6, 6.07) is 5.57. The van der Waals surface area contributed by atoms with Gasteiger partial charge in [0.25, 0.3) is 0 Å². The SMILES string of the molecule is CCc1nc2ccc(OC3CCN(C(=O)OC(C)(C)C)CC3)cc2n1C(=O)OC(C)(C)C. The number of aryl methyl sites for hydroxylation is 1. The van der Waals surface area contributed by atoms with Crippen LogP contribution < -0.4 is 4.74 Å². The second-order valence-corrected chi connectivity index (χ2v) is 10.1. The first kappa shape index (κ1) is 23.9. The fraction of sp³-hybridized carbons (Fsp3) is 0.625. The highest BCUT2D eigenvalue weighted by Gasteiger charge is 2.28. The lowest BCUT2D eigenvalue weighted by atomic mass is 10.1. The molecule has 176 valence electrons. The normalized spacial score (nSPS) is 15.7. The van der Waals surface area contributed by atoms with Gasteiger partial charge in [-0.3, -0.25) is 0 Å². The van der Waals surface area contributed by atoms with Crippen molar-refractivity contribution in [1.29, 1.82) is 0 Å². The maximum atomic E-state index is 12.8. The van der Waals surface area contributed by atoms with Crippen LogP contribution in [0.3, 0.4) is 0 Å². The molecule has 0 saturated carbocycles. The average Bonchev–Trinajstić information content (AvgIpc) is 3.04. The number of carbonyl (C=O) groups excluding carboxylic acids is 2. The minimum absolute atomic E-state index is 0.0188. The van der Waals surface area contributed by atoms with E-state index in [1.165, 1.54) is 4.57 Å². The molecule has 0 spiro atoms. The van der Waals surface area contributed by atoms with Crippen molar-refractivity contribution in [2.45, 2.75) is 85.0 Å². The molecule has 8 nitrogen and oxygen atoms in total. The van der Waals surface area contributed by atoms with Gasteiger partial charge in [-0.25, -0.2) is 19.1 Å². The molecule has 2 heterocycles. The number of aromatic nitrogens is 2. The summed E-state index contributed by atoms with van der Waals surface area (Å²) in [4.78, 5) is 31.4. The Bertz CT molecular complexity index is 976. The number of benzene rings is 1. The molecular formula is C24H35N3O5. The molecule has 1 aromatic carbocycles. The second kappa shape index (κ2) is 9.00. The minimum Gasteiger partial charge on any atom is -0.490 e. The molecular weight excluding hydrogens is 410 g/mol. The molecule has 0 bridgehead atoms. The summed E-state index contributed by atoms with van der Waals surface area (Å²) in [5, 5.41) is 0. The van der Waals surface area contributed by atoms with Crippen LogP contribution in [0.2, 0.25) is 0 Å². The van der Waals surface area contributed by atoms with E-state index >= 15 is 0 Å². The lowest BCUT2D eigenvalue weighted by molar-refractivity contribution is 0.0126. The number of imidazole rings is 1. The van der Waals surface area contributed by atoms with Gasteiger partial charge in [-0.05, 0) is 53.7 Å². The van der Waals surface area contributed by atoms with E-state index in [2.05, 4.69) is 4.98 Å². The van der Waals surface area contributed by atoms with E-state index in [-0.39, 0.29) is 12.2 Å². The van der Waals surface area contributed by atoms with Crippen molar-refractivity contribution in [2.24, 2.45) is 0 Å².